The second kappa shape index (κ2) is 6.38. The van der Waals surface area contributed by atoms with Crippen LogP contribution in [0.1, 0.15) is 13.3 Å². The number of allylic oxidation sites excluding steroid dienone is 1. The minimum Gasteiger partial charge on any atom is -0.466 e. The molecule has 2 amide bonds. The minimum atomic E-state index is -0.953. The molecule has 0 radical (unpaired) electrons. The fourth-order valence-electron chi connectivity index (χ4n) is 2.27. The van der Waals surface area contributed by atoms with Crippen LogP contribution in [0.2, 0.25) is 0 Å². The molecule has 0 aromatic heterocycles. The van der Waals surface area contributed by atoms with Crippen LogP contribution in [0.5, 0.6) is 0 Å². The van der Waals surface area contributed by atoms with Crippen LogP contribution >= 0.6 is 0 Å². The van der Waals surface area contributed by atoms with Crippen LogP contribution in [0, 0.1) is 11.7 Å². The minimum absolute atomic E-state index is 0.113. The van der Waals surface area contributed by atoms with E-state index in [0.717, 1.165) is 0 Å². The van der Waals surface area contributed by atoms with Gasteiger partial charge >= 0.3 is 5.97 Å². The SMILES string of the molecule is COC(=O)C1=C(C)NC(=O)C[C@@H]1C(=O)Nc1ccc(F)cc1. The number of amides is 2. The zero-order chi connectivity index (χ0) is 16.3. The number of carbonyl (C=O) groups is 3. The standard InChI is InChI=1S/C15H15FN2O4/c1-8-13(15(21)22-2)11(7-12(19)17-8)14(20)18-10-5-3-9(16)4-6-10/h3-6,11H,7H2,1-2H3,(H,17,19)(H,18,20)/t11-/m0/s1. The average molecular weight is 306 g/mol. The van der Waals surface area contributed by atoms with Gasteiger partial charge in [0.2, 0.25) is 11.8 Å². The Morgan fingerprint density at radius 3 is 2.55 bits per heavy atom. The van der Waals surface area contributed by atoms with Crippen LogP contribution in [0.15, 0.2) is 35.5 Å². The molecule has 1 aliphatic rings. The Morgan fingerprint density at radius 2 is 1.95 bits per heavy atom. The number of benzene rings is 1. The van der Waals surface area contributed by atoms with E-state index in [1.807, 2.05) is 0 Å². The summed E-state index contributed by atoms with van der Waals surface area (Å²) in [5.41, 5.74) is 0.781. The zero-order valence-corrected chi connectivity index (χ0v) is 12.1. The molecule has 0 unspecified atom stereocenters. The average Bonchev–Trinajstić information content (AvgIpc) is 2.48. The first kappa shape index (κ1) is 15.7. The van der Waals surface area contributed by atoms with E-state index in [2.05, 4.69) is 15.4 Å². The molecular formula is C15H15FN2O4. The Bertz CT molecular complexity index is 652. The fraction of sp³-hybridized carbons (Fsp3) is 0.267. The Labute approximate surface area is 126 Å². The van der Waals surface area contributed by atoms with Crippen molar-refractivity contribution in [2.24, 2.45) is 5.92 Å². The van der Waals surface area contributed by atoms with Crippen molar-refractivity contribution in [1.82, 2.24) is 5.32 Å². The Hall–Kier alpha value is -2.70. The number of hydrogen-bond donors (Lipinski definition) is 2. The van der Waals surface area contributed by atoms with E-state index >= 15 is 0 Å². The van der Waals surface area contributed by atoms with Crippen LogP contribution in [-0.2, 0) is 19.1 Å². The molecule has 2 rings (SSSR count). The van der Waals surface area contributed by atoms with Crippen LogP contribution in [-0.4, -0.2) is 24.9 Å². The molecule has 22 heavy (non-hydrogen) atoms. The number of hydrogen-bond acceptors (Lipinski definition) is 4. The molecule has 6 nitrogen and oxygen atoms in total. The summed E-state index contributed by atoms with van der Waals surface area (Å²) in [4.78, 5) is 35.8. The fourth-order valence-corrected chi connectivity index (χ4v) is 2.27. The highest BCUT2D eigenvalue weighted by molar-refractivity contribution is 6.06. The number of esters is 1. The normalized spacial score (nSPS) is 17.8. The molecule has 0 bridgehead atoms. The second-order valence-corrected chi connectivity index (χ2v) is 4.83. The maximum atomic E-state index is 12.9. The van der Waals surface area contributed by atoms with Crippen molar-refractivity contribution in [2.75, 3.05) is 12.4 Å². The number of ether oxygens (including phenoxy) is 1. The molecule has 0 spiro atoms. The molecule has 116 valence electrons. The van der Waals surface area contributed by atoms with Crippen molar-refractivity contribution in [2.45, 2.75) is 13.3 Å². The molecule has 1 aromatic carbocycles. The third kappa shape index (κ3) is 3.30. The zero-order valence-electron chi connectivity index (χ0n) is 12.1. The predicted molar refractivity (Wildman–Crippen MR) is 76.0 cm³/mol. The number of methoxy groups -OCH3 is 1. The largest absolute Gasteiger partial charge is 0.466 e. The van der Waals surface area contributed by atoms with Crippen molar-refractivity contribution in [1.29, 1.82) is 0 Å². The Morgan fingerprint density at radius 1 is 1.32 bits per heavy atom. The van der Waals surface area contributed by atoms with E-state index in [-0.39, 0.29) is 17.9 Å². The molecule has 0 saturated carbocycles. The van der Waals surface area contributed by atoms with Crippen molar-refractivity contribution >= 4 is 23.5 Å². The quantitative estimate of drug-likeness (QED) is 0.826. The topological polar surface area (TPSA) is 84.5 Å². The van der Waals surface area contributed by atoms with Gasteiger partial charge in [-0.25, -0.2) is 9.18 Å². The summed E-state index contributed by atoms with van der Waals surface area (Å²) >= 11 is 0. The van der Waals surface area contributed by atoms with Gasteiger partial charge in [0.1, 0.15) is 5.82 Å². The molecule has 1 heterocycles. The molecule has 1 aliphatic heterocycles. The van der Waals surface area contributed by atoms with Gasteiger partial charge in [-0.05, 0) is 31.2 Å². The van der Waals surface area contributed by atoms with E-state index in [9.17, 15) is 18.8 Å². The summed E-state index contributed by atoms with van der Waals surface area (Å²) in [6.07, 6.45) is -0.158. The lowest BCUT2D eigenvalue weighted by atomic mass is 9.89. The monoisotopic (exact) mass is 306 g/mol. The lowest BCUT2D eigenvalue weighted by Crippen LogP contribution is -2.40. The van der Waals surface area contributed by atoms with E-state index in [4.69, 9.17) is 0 Å². The third-order valence-electron chi connectivity index (χ3n) is 3.30. The van der Waals surface area contributed by atoms with Crippen LogP contribution < -0.4 is 10.6 Å². The predicted octanol–water partition coefficient (Wildman–Crippen LogP) is 1.35. The van der Waals surface area contributed by atoms with E-state index in [1.54, 1.807) is 0 Å². The molecule has 1 atom stereocenters. The summed E-state index contributed by atoms with van der Waals surface area (Å²) in [7, 11) is 1.20. The first-order valence-corrected chi connectivity index (χ1v) is 6.57. The smallest absolute Gasteiger partial charge is 0.336 e. The maximum Gasteiger partial charge on any atom is 0.336 e. The van der Waals surface area contributed by atoms with E-state index in [0.29, 0.717) is 11.4 Å². The van der Waals surface area contributed by atoms with Crippen molar-refractivity contribution < 1.29 is 23.5 Å². The van der Waals surface area contributed by atoms with Gasteiger partial charge in [0.05, 0.1) is 18.6 Å². The molecular weight excluding hydrogens is 291 g/mol. The van der Waals surface area contributed by atoms with Gasteiger partial charge in [0.15, 0.2) is 0 Å². The second-order valence-electron chi connectivity index (χ2n) is 4.83. The molecule has 7 heteroatoms. The van der Waals surface area contributed by atoms with E-state index in [1.165, 1.54) is 38.3 Å². The van der Waals surface area contributed by atoms with Crippen LogP contribution in [0.3, 0.4) is 0 Å². The number of carbonyl (C=O) groups excluding carboxylic acids is 3. The maximum absolute atomic E-state index is 12.9. The first-order chi connectivity index (χ1) is 10.4. The van der Waals surface area contributed by atoms with Gasteiger partial charge in [-0.2, -0.15) is 0 Å². The first-order valence-electron chi connectivity index (χ1n) is 6.57. The molecule has 0 saturated heterocycles. The number of nitrogens with one attached hydrogen (secondary N) is 2. The van der Waals surface area contributed by atoms with E-state index < -0.39 is 23.6 Å². The van der Waals surface area contributed by atoms with Crippen molar-refractivity contribution in [3.8, 4) is 0 Å². The summed E-state index contributed by atoms with van der Waals surface area (Å²) in [5, 5.41) is 5.07. The van der Waals surface area contributed by atoms with Crippen molar-refractivity contribution in [3.63, 3.8) is 0 Å². The lowest BCUT2D eigenvalue weighted by molar-refractivity contribution is -0.139. The molecule has 1 aromatic rings. The van der Waals surface area contributed by atoms with Gasteiger partial charge < -0.3 is 15.4 Å². The van der Waals surface area contributed by atoms with Gasteiger partial charge in [-0.1, -0.05) is 0 Å². The van der Waals surface area contributed by atoms with Crippen LogP contribution in [0.25, 0.3) is 0 Å². The van der Waals surface area contributed by atoms with Gasteiger partial charge in [0, 0.05) is 17.8 Å². The summed E-state index contributed by atoms with van der Waals surface area (Å²) in [6.45, 7) is 1.53. The summed E-state index contributed by atoms with van der Waals surface area (Å²) in [5.74, 6) is -2.94. The summed E-state index contributed by atoms with van der Waals surface area (Å²) in [6, 6.07) is 5.19. The number of rotatable bonds is 3. The Balaban J connectivity index is 2.25. The molecule has 2 N–H and O–H groups in total. The van der Waals surface area contributed by atoms with Gasteiger partial charge in [0.25, 0.3) is 0 Å². The van der Waals surface area contributed by atoms with Gasteiger partial charge in [-0.3, -0.25) is 9.59 Å². The molecule has 0 aliphatic carbocycles. The van der Waals surface area contributed by atoms with Crippen LogP contribution in [0.4, 0.5) is 10.1 Å². The molecule has 0 fully saturated rings. The number of anilines is 1. The highest BCUT2D eigenvalue weighted by atomic mass is 19.1. The highest BCUT2D eigenvalue weighted by Crippen LogP contribution is 2.25. The Kier molecular flexibility index (Phi) is 4.55. The van der Waals surface area contributed by atoms with Gasteiger partial charge in [-0.15, -0.1) is 0 Å². The lowest BCUT2D eigenvalue weighted by Gasteiger charge is -2.25. The third-order valence-corrected chi connectivity index (χ3v) is 3.30. The number of halogens is 1. The highest BCUT2D eigenvalue weighted by Gasteiger charge is 2.36. The van der Waals surface area contributed by atoms with Crippen molar-refractivity contribution in [3.05, 3.63) is 41.4 Å². The summed E-state index contributed by atoms with van der Waals surface area (Å²) < 4.78 is 17.5.